The van der Waals surface area contributed by atoms with Gasteiger partial charge < -0.3 is 92.9 Å². The molecule has 29 nitrogen and oxygen atoms in total. The van der Waals surface area contributed by atoms with E-state index in [-0.39, 0.29) is 88.2 Å². The van der Waals surface area contributed by atoms with Gasteiger partial charge in [0.1, 0.15) is 42.0 Å². The highest BCUT2D eigenvalue weighted by Gasteiger charge is 2.36. The van der Waals surface area contributed by atoms with E-state index in [0.29, 0.717) is 18.4 Å². The SMILES string of the molecule is CC[C@H](C)[C@H](NC(=O)[C@@H](NC(=O)[C@@H](N)Cc1ccc(O)cc1)C(C)C)C(=O)N[C@H](C(=O)NCC(=O)N[C@@H](CCCN=C(N)N)C(=O)NCC(=O)N[C@@H](CCCN=C(N)N)C(=O)N[C@@H](CCCN=C(N)N)C(=O)O)[C@@H](C)CC. The van der Waals surface area contributed by atoms with Crippen LogP contribution in [-0.2, 0) is 49.6 Å². The second kappa shape index (κ2) is 35.3. The van der Waals surface area contributed by atoms with Crippen LogP contribution in [0.2, 0.25) is 0 Å². The summed E-state index contributed by atoms with van der Waals surface area (Å²) in [6, 6.07) is -2.33. The number of carbonyl (C=O) groups is 9. The van der Waals surface area contributed by atoms with Crippen LogP contribution in [0.4, 0.5) is 0 Å². The first-order valence-electron chi connectivity index (χ1n) is 25.5. The summed E-state index contributed by atoms with van der Waals surface area (Å²) in [5.74, 6) is -9.42. The Balaban J connectivity index is 3.17. The molecular formula is C48H84N18O11. The summed E-state index contributed by atoms with van der Waals surface area (Å²) in [7, 11) is 0. The Labute approximate surface area is 448 Å². The van der Waals surface area contributed by atoms with Crippen LogP contribution >= 0.6 is 0 Å². The summed E-state index contributed by atoms with van der Waals surface area (Å²) < 4.78 is 0. The van der Waals surface area contributed by atoms with Crippen molar-refractivity contribution in [1.82, 2.24) is 42.5 Å². The lowest BCUT2D eigenvalue weighted by Crippen LogP contribution is -2.61. The Morgan fingerprint density at radius 3 is 1.31 bits per heavy atom. The van der Waals surface area contributed by atoms with Crippen LogP contribution in [0.5, 0.6) is 5.75 Å². The second-order valence-electron chi connectivity index (χ2n) is 18.9. The van der Waals surface area contributed by atoms with Crippen molar-refractivity contribution < 1.29 is 53.4 Å². The zero-order valence-corrected chi connectivity index (χ0v) is 44.9. The Hall–Kier alpha value is -7.98. The Morgan fingerprint density at radius 1 is 0.506 bits per heavy atom. The van der Waals surface area contributed by atoms with Crippen molar-refractivity contribution >= 4 is 71.1 Å². The van der Waals surface area contributed by atoms with Crippen LogP contribution in [0.1, 0.15) is 98.5 Å². The first-order chi connectivity index (χ1) is 36.2. The Kier molecular flexibility index (Phi) is 30.7. The molecule has 0 spiro atoms. The maximum absolute atomic E-state index is 14.0. The van der Waals surface area contributed by atoms with Crippen molar-refractivity contribution in [2.24, 2.45) is 72.9 Å². The quantitative estimate of drug-likeness (QED) is 0.0171. The van der Waals surface area contributed by atoms with Gasteiger partial charge in [-0.2, -0.15) is 0 Å². The smallest absolute Gasteiger partial charge is 0.326 e. The minimum atomic E-state index is -1.37. The Morgan fingerprint density at radius 2 is 0.896 bits per heavy atom. The van der Waals surface area contributed by atoms with Gasteiger partial charge in [-0.25, -0.2) is 4.79 Å². The average molecular weight is 1090 g/mol. The highest BCUT2D eigenvalue weighted by atomic mass is 16.4. The van der Waals surface area contributed by atoms with E-state index >= 15 is 0 Å². The number of carboxylic acids is 1. The van der Waals surface area contributed by atoms with Crippen LogP contribution in [-0.4, -0.2) is 156 Å². The van der Waals surface area contributed by atoms with Gasteiger partial charge in [0.25, 0.3) is 0 Å². The number of aliphatic carboxylic acids is 1. The van der Waals surface area contributed by atoms with E-state index < -0.39 is 126 Å². The lowest BCUT2D eigenvalue weighted by atomic mass is 9.94. The summed E-state index contributed by atoms with van der Waals surface area (Å²) in [6.45, 7) is 9.29. The summed E-state index contributed by atoms with van der Waals surface area (Å²) >= 11 is 0. The first kappa shape index (κ1) is 67.0. The van der Waals surface area contributed by atoms with Crippen LogP contribution in [0.15, 0.2) is 39.2 Å². The zero-order valence-electron chi connectivity index (χ0n) is 44.9. The third-order valence-corrected chi connectivity index (χ3v) is 12.2. The van der Waals surface area contributed by atoms with Crippen LogP contribution in [0, 0.1) is 17.8 Å². The third kappa shape index (κ3) is 26.9. The van der Waals surface area contributed by atoms with E-state index in [4.69, 9.17) is 40.1 Å². The fourth-order valence-corrected chi connectivity index (χ4v) is 7.30. The highest BCUT2D eigenvalue weighted by Crippen LogP contribution is 2.15. The maximum atomic E-state index is 14.0. The summed E-state index contributed by atoms with van der Waals surface area (Å²) in [5, 5.41) is 39.8. The van der Waals surface area contributed by atoms with Crippen LogP contribution in [0.25, 0.3) is 0 Å². The van der Waals surface area contributed by atoms with Gasteiger partial charge in [-0.1, -0.05) is 66.5 Å². The van der Waals surface area contributed by atoms with Crippen molar-refractivity contribution in [2.75, 3.05) is 32.7 Å². The number of nitrogens with zero attached hydrogens (tertiary/aromatic N) is 3. The number of nitrogens with two attached hydrogens (primary N) is 7. The van der Waals surface area contributed by atoms with Gasteiger partial charge in [-0.15, -0.1) is 0 Å². The number of rotatable bonds is 36. The first-order valence-corrected chi connectivity index (χ1v) is 25.5. The molecule has 0 saturated heterocycles. The number of benzene rings is 1. The molecule has 0 saturated carbocycles. The molecule has 9 atom stereocenters. The fraction of sp³-hybridized carbons (Fsp3) is 0.625. The number of hydrogen-bond acceptors (Lipinski definition) is 14. The summed E-state index contributed by atoms with van der Waals surface area (Å²) in [4.78, 5) is 132. The Bertz CT molecular complexity index is 2200. The molecular weight excluding hydrogens is 1000 g/mol. The van der Waals surface area contributed by atoms with Crippen molar-refractivity contribution in [1.29, 1.82) is 0 Å². The number of carboxylic acid groups (broad SMARTS) is 1. The standard InChI is InChI=1S/C48H84N18O11/c1-7-26(5)37(65-44(75)38(27(6)8-2)66-43(74)36(25(3)4)64-39(70)30(49)22-28-15-17-29(67)18-16-28)42(73)60-24-35(69)61-31(12-9-19-56-46(50)51)40(71)59-23-34(68)62-32(13-10-20-57-47(52)53)41(72)63-33(45(76)77)14-11-21-58-48(54)55/h15-18,25-27,30-33,36-38,67H,7-14,19-24,49H2,1-6H3,(H,59,71)(H,60,73)(H,61,69)(H,62,68)(H,63,72)(H,64,70)(H,65,75)(H,66,74)(H,76,77)(H4,50,51,56)(H4,52,53,57)(H4,54,55,58)/t26-,27-,30-,31-,32-,33-,36-,37-,38-/m0/s1. The van der Waals surface area contributed by atoms with Gasteiger partial charge in [0.15, 0.2) is 17.9 Å². The number of amides is 8. The van der Waals surface area contributed by atoms with Gasteiger partial charge in [0.05, 0.1) is 19.1 Å². The number of phenols is 1. The molecule has 0 fully saturated rings. The molecule has 0 heterocycles. The molecule has 24 N–H and O–H groups in total. The van der Waals surface area contributed by atoms with Crippen molar-refractivity contribution in [3.63, 3.8) is 0 Å². The van der Waals surface area contributed by atoms with Gasteiger partial charge in [-0.05, 0) is 80.4 Å². The molecule has 0 unspecified atom stereocenters. The molecule has 29 heteroatoms. The molecule has 0 aliphatic carbocycles. The third-order valence-electron chi connectivity index (χ3n) is 12.2. The molecule has 432 valence electrons. The largest absolute Gasteiger partial charge is 0.508 e. The molecule has 0 aromatic heterocycles. The minimum Gasteiger partial charge on any atom is -0.508 e. The van der Waals surface area contributed by atoms with E-state index in [9.17, 15) is 53.4 Å². The monoisotopic (exact) mass is 1090 g/mol. The molecule has 0 aliphatic rings. The number of guanidine groups is 3. The van der Waals surface area contributed by atoms with E-state index in [2.05, 4.69) is 57.5 Å². The van der Waals surface area contributed by atoms with E-state index in [0.717, 1.165) is 0 Å². The maximum Gasteiger partial charge on any atom is 0.326 e. The van der Waals surface area contributed by atoms with Gasteiger partial charge in [-0.3, -0.25) is 53.3 Å². The number of phenolic OH excluding ortho intramolecular Hbond substituents is 1. The predicted molar refractivity (Wildman–Crippen MR) is 289 cm³/mol. The van der Waals surface area contributed by atoms with Crippen LogP contribution < -0.4 is 82.7 Å². The summed E-state index contributed by atoms with van der Waals surface area (Å²) in [6.07, 6.45) is 1.34. The summed E-state index contributed by atoms with van der Waals surface area (Å²) in [5.41, 5.74) is 39.2. The number of aliphatic imine (C=N–C) groups is 3. The van der Waals surface area contributed by atoms with Crippen molar-refractivity contribution in [3.05, 3.63) is 29.8 Å². The van der Waals surface area contributed by atoms with Crippen molar-refractivity contribution in [2.45, 2.75) is 142 Å². The minimum absolute atomic E-state index is 0.0464. The van der Waals surface area contributed by atoms with Gasteiger partial charge >= 0.3 is 5.97 Å². The van der Waals surface area contributed by atoms with E-state index in [1.807, 2.05) is 6.92 Å². The molecule has 1 aromatic carbocycles. The number of nitrogens with one attached hydrogen (secondary N) is 8. The van der Waals surface area contributed by atoms with Crippen LogP contribution in [0.3, 0.4) is 0 Å². The second-order valence-corrected chi connectivity index (χ2v) is 18.9. The van der Waals surface area contributed by atoms with Crippen molar-refractivity contribution in [3.8, 4) is 5.75 Å². The lowest BCUT2D eigenvalue weighted by molar-refractivity contribution is -0.142. The average Bonchev–Trinajstić information content (AvgIpc) is 3.36. The fourth-order valence-electron chi connectivity index (χ4n) is 7.30. The highest BCUT2D eigenvalue weighted by molar-refractivity contribution is 5.97. The molecule has 0 bridgehead atoms. The molecule has 0 aliphatic heterocycles. The van der Waals surface area contributed by atoms with Gasteiger partial charge in [0, 0.05) is 19.6 Å². The predicted octanol–water partition coefficient (Wildman–Crippen LogP) is -4.60. The molecule has 8 amide bonds. The molecule has 0 radical (unpaired) electrons. The lowest BCUT2D eigenvalue weighted by Gasteiger charge is -2.31. The number of carbonyl (C=O) groups excluding carboxylic acids is 8. The van der Waals surface area contributed by atoms with Gasteiger partial charge in [0.2, 0.25) is 47.3 Å². The molecule has 1 rings (SSSR count). The zero-order chi connectivity index (χ0) is 58.4. The number of aromatic hydroxyl groups is 1. The molecule has 1 aromatic rings. The normalized spacial score (nSPS) is 14.4. The molecule has 77 heavy (non-hydrogen) atoms. The van der Waals surface area contributed by atoms with E-state index in [1.165, 1.54) is 12.1 Å². The topological polar surface area (TPSA) is 510 Å². The van der Waals surface area contributed by atoms with E-state index in [1.54, 1.807) is 46.8 Å². The number of hydrogen-bond donors (Lipinski definition) is 17.